The third kappa shape index (κ3) is 2.19. The molecule has 1 N–H and O–H groups in total. The Labute approximate surface area is 96.8 Å². The monoisotopic (exact) mass is 223 g/mol. The second kappa shape index (κ2) is 4.15. The van der Waals surface area contributed by atoms with Gasteiger partial charge >= 0.3 is 0 Å². The van der Waals surface area contributed by atoms with Gasteiger partial charge < -0.3 is 5.32 Å². The van der Waals surface area contributed by atoms with Crippen LogP contribution in [0.1, 0.15) is 25.8 Å². The molecule has 0 radical (unpaired) electrons. The van der Waals surface area contributed by atoms with E-state index in [1.807, 2.05) is 12.1 Å². The van der Waals surface area contributed by atoms with Gasteiger partial charge in [0.25, 0.3) is 0 Å². The molecule has 1 saturated heterocycles. The van der Waals surface area contributed by atoms with Gasteiger partial charge in [0, 0.05) is 10.6 Å². The van der Waals surface area contributed by atoms with Crippen molar-refractivity contribution in [2.24, 2.45) is 5.92 Å². The summed E-state index contributed by atoms with van der Waals surface area (Å²) in [4.78, 5) is 0. The molecule has 0 amide bonds. The van der Waals surface area contributed by atoms with Crippen molar-refractivity contribution in [2.45, 2.75) is 32.2 Å². The SMILES string of the molecule is CC(C)C1(Cc2cccc(Cl)c2)CCN1. The lowest BCUT2D eigenvalue weighted by Gasteiger charge is -2.47. The molecule has 0 spiro atoms. The van der Waals surface area contributed by atoms with Crippen LogP contribution in [-0.2, 0) is 6.42 Å². The molecule has 1 heterocycles. The first kappa shape index (κ1) is 11.0. The Morgan fingerprint density at radius 3 is 2.67 bits per heavy atom. The molecule has 0 bridgehead atoms. The maximum absolute atomic E-state index is 5.99. The van der Waals surface area contributed by atoms with Gasteiger partial charge in [0.1, 0.15) is 0 Å². The third-order valence-corrected chi connectivity index (χ3v) is 3.80. The van der Waals surface area contributed by atoms with Crippen molar-refractivity contribution >= 4 is 11.6 Å². The fourth-order valence-electron chi connectivity index (χ4n) is 2.31. The zero-order chi connectivity index (χ0) is 10.9. The van der Waals surface area contributed by atoms with Gasteiger partial charge in [-0.25, -0.2) is 0 Å². The van der Waals surface area contributed by atoms with Crippen LogP contribution in [-0.4, -0.2) is 12.1 Å². The molecule has 1 aliphatic heterocycles. The summed E-state index contributed by atoms with van der Waals surface area (Å²) in [5.41, 5.74) is 1.65. The number of hydrogen-bond donors (Lipinski definition) is 1. The van der Waals surface area contributed by atoms with Crippen molar-refractivity contribution in [3.63, 3.8) is 0 Å². The van der Waals surface area contributed by atoms with Crippen LogP contribution in [0.2, 0.25) is 5.02 Å². The molecular formula is C13H18ClN. The fraction of sp³-hybridized carbons (Fsp3) is 0.538. The summed E-state index contributed by atoms with van der Waals surface area (Å²) in [5.74, 6) is 0.672. The summed E-state index contributed by atoms with van der Waals surface area (Å²) >= 11 is 5.99. The highest BCUT2D eigenvalue weighted by molar-refractivity contribution is 6.30. The number of halogens is 1. The molecule has 0 aliphatic carbocycles. The van der Waals surface area contributed by atoms with Crippen molar-refractivity contribution in [2.75, 3.05) is 6.54 Å². The number of hydrogen-bond acceptors (Lipinski definition) is 1. The van der Waals surface area contributed by atoms with E-state index in [1.54, 1.807) is 0 Å². The number of nitrogens with one attached hydrogen (secondary N) is 1. The van der Waals surface area contributed by atoms with E-state index in [9.17, 15) is 0 Å². The Morgan fingerprint density at radius 2 is 2.20 bits per heavy atom. The molecule has 1 atom stereocenters. The lowest BCUT2D eigenvalue weighted by molar-refractivity contribution is 0.139. The smallest absolute Gasteiger partial charge is 0.0408 e. The van der Waals surface area contributed by atoms with Crippen LogP contribution in [0, 0.1) is 5.92 Å². The molecule has 0 aromatic heterocycles. The normalized spacial score (nSPS) is 25.3. The molecule has 2 heteroatoms. The van der Waals surface area contributed by atoms with Crippen LogP contribution in [0.5, 0.6) is 0 Å². The van der Waals surface area contributed by atoms with E-state index < -0.39 is 0 Å². The molecule has 82 valence electrons. The van der Waals surface area contributed by atoms with Gasteiger partial charge in [0.05, 0.1) is 0 Å². The van der Waals surface area contributed by atoms with E-state index in [0.717, 1.165) is 18.0 Å². The molecule has 1 aliphatic rings. The Morgan fingerprint density at radius 1 is 1.47 bits per heavy atom. The van der Waals surface area contributed by atoms with Crippen LogP contribution >= 0.6 is 11.6 Å². The molecular weight excluding hydrogens is 206 g/mol. The van der Waals surface area contributed by atoms with Gasteiger partial charge in [-0.05, 0) is 43.0 Å². The van der Waals surface area contributed by atoms with Crippen molar-refractivity contribution in [3.05, 3.63) is 34.9 Å². The first-order valence-electron chi connectivity index (χ1n) is 5.62. The lowest BCUT2D eigenvalue weighted by Crippen LogP contribution is -2.61. The number of rotatable bonds is 3. The van der Waals surface area contributed by atoms with Gasteiger partial charge in [-0.2, -0.15) is 0 Å². The zero-order valence-electron chi connectivity index (χ0n) is 9.39. The van der Waals surface area contributed by atoms with E-state index >= 15 is 0 Å². The van der Waals surface area contributed by atoms with E-state index in [2.05, 4.69) is 31.3 Å². The highest BCUT2D eigenvalue weighted by Crippen LogP contribution is 2.32. The fourth-order valence-corrected chi connectivity index (χ4v) is 2.52. The molecule has 15 heavy (non-hydrogen) atoms. The zero-order valence-corrected chi connectivity index (χ0v) is 10.1. The predicted octanol–water partition coefficient (Wildman–Crippen LogP) is 3.27. The summed E-state index contributed by atoms with van der Waals surface area (Å²) in [6.07, 6.45) is 2.36. The van der Waals surface area contributed by atoms with Crippen LogP contribution in [0.3, 0.4) is 0 Å². The summed E-state index contributed by atoms with van der Waals surface area (Å²) in [6, 6.07) is 8.20. The van der Waals surface area contributed by atoms with Gasteiger partial charge in [0.2, 0.25) is 0 Å². The molecule has 2 rings (SSSR count). The molecule has 1 aromatic carbocycles. The van der Waals surface area contributed by atoms with Crippen molar-refractivity contribution in [1.29, 1.82) is 0 Å². The molecule has 1 nitrogen and oxygen atoms in total. The van der Waals surface area contributed by atoms with Crippen molar-refractivity contribution in [1.82, 2.24) is 5.32 Å². The summed E-state index contributed by atoms with van der Waals surface area (Å²) in [5, 5.41) is 4.42. The highest BCUT2D eigenvalue weighted by Gasteiger charge is 2.39. The average molecular weight is 224 g/mol. The molecule has 1 fully saturated rings. The van der Waals surface area contributed by atoms with Crippen LogP contribution in [0.4, 0.5) is 0 Å². The minimum absolute atomic E-state index is 0.310. The maximum Gasteiger partial charge on any atom is 0.0408 e. The molecule has 0 saturated carbocycles. The van der Waals surface area contributed by atoms with Gasteiger partial charge in [-0.15, -0.1) is 0 Å². The Bertz CT molecular complexity index is 342. The topological polar surface area (TPSA) is 12.0 Å². The first-order chi connectivity index (χ1) is 7.12. The van der Waals surface area contributed by atoms with E-state index in [1.165, 1.54) is 12.0 Å². The minimum atomic E-state index is 0.310. The quantitative estimate of drug-likeness (QED) is 0.830. The van der Waals surface area contributed by atoms with Gasteiger partial charge in [-0.3, -0.25) is 0 Å². The second-order valence-electron chi connectivity index (χ2n) is 4.79. The van der Waals surface area contributed by atoms with Crippen LogP contribution in [0.15, 0.2) is 24.3 Å². The van der Waals surface area contributed by atoms with Crippen LogP contribution < -0.4 is 5.32 Å². The highest BCUT2D eigenvalue weighted by atomic mass is 35.5. The van der Waals surface area contributed by atoms with Gasteiger partial charge in [0.15, 0.2) is 0 Å². The second-order valence-corrected chi connectivity index (χ2v) is 5.23. The largest absolute Gasteiger partial charge is 0.311 e. The Balaban J connectivity index is 2.13. The lowest BCUT2D eigenvalue weighted by atomic mass is 9.73. The maximum atomic E-state index is 5.99. The molecule has 1 unspecified atom stereocenters. The van der Waals surface area contributed by atoms with E-state index in [0.29, 0.717) is 11.5 Å². The first-order valence-corrected chi connectivity index (χ1v) is 6.00. The summed E-state index contributed by atoms with van der Waals surface area (Å²) in [6.45, 7) is 5.73. The summed E-state index contributed by atoms with van der Waals surface area (Å²) < 4.78 is 0. The minimum Gasteiger partial charge on any atom is -0.311 e. The van der Waals surface area contributed by atoms with Crippen LogP contribution in [0.25, 0.3) is 0 Å². The average Bonchev–Trinajstić information content (AvgIpc) is 2.11. The molecule has 1 aromatic rings. The summed E-state index contributed by atoms with van der Waals surface area (Å²) in [7, 11) is 0. The van der Waals surface area contributed by atoms with Gasteiger partial charge in [-0.1, -0.05) is 37.6 Å². The standard InChI is InChI=1S/C13H18ClN/c1-10(2)13(6-7-15-13)9-11-4-3-5-12(14)8-11/h3-5,8,10,15H,6-7,9H2,1-2H3. The number of benzene rings is 1. The third-order valence-electron chi connectivity index (χ3n) is 3.56. The van der Waals surface area contributed by atoms with E-state index in [4.69, 9.17) is 11.6 Å². The Kier molecular flexibility index (Phi) is 3.03. The van der Waals surface area contributed by atoms with Crippen molar-refractivity contribution < 1.29 is 0 Å². The van der Waals surface area contributed by atoms with E-state index in [-0.39, 0.29) is 0 Å². The van der Waals surface area contributed by atoms with Crippen molar-refractivity contribution in [3.8, 4) is 0 Å². The predicted molar refractivity (Wildman–Crippen MR) is 65.3 cm³/mol. The Hall–Kier alpha value is -0.530.